The van der Waals surface area contributed by atoms with Crippen molar-refractivity contribution in [3.05, 3.63) is 54.1 Å². The van der Waals surface area contributed by atoms with Gasteiger partial charge in [0.05, 0.1) is 5.52 Å². The number of carboxylic acid groups (broad SMARTS) is 1. The predicted octanol–water partition coefficient (Wildman–Crippen LogP) is -2.09. The van der Waals surface area contributed by atoms with Crippen molar-refractivity contribution in [2.24, 2.45) is 13.0 Å². The van der Waals surface area contributed by atoms with Crippen LogP contribution >= 0.6 is 0 Å². The summed E-state index contributed by atoms with van der Waals surface area (Å²) in [5, 5.41) is 22.0. The minimum Gasteiger partial charge on any atom is -0.550 e. The molecule has 8 heteroatoms. The second kappa shape index (κ2) is 8.93. The van der Waals surface area contributed by atoms with Crippen molar-refractivity contribution in [3.8, 4) is 0 Å². The molecule has 1 N–H and O–H groups in total. The molecule has 0 bridgehead atoms. The van der Waals surface area contributed by atoms with E-state index in [4.69, 9.17) is 0 Å². The number of hydrogen-bond donors (Lipinski definition) is 1. The van der Waals surface area contributed by atoms with Crippen LogP contribution in [0.25, 0.3) is 11.0 Å². The molecule has 26 heavy (non-hydrogen) atoms. The van der Waals surface area contributed by atoms with Gasteiger partial charge in [0.2, 0.25) is 5.91 Å². The summed E-state index contributed by atoms with van der Waals surface area (Å²) in [7, 11) is 1.78. The summed E-state index contributed by atoms with van der Waals surface area (Å²) in [6, 6.07) is 14.4. The summed E-state index contributed by atoms with van der Waals surface area (Å²) in [6.45, 7) is 0. The molecule has 1 heterocycles. The Morgan fingerprint density at radius 3 is 2.62 bits per heavy atom. The Morgan fingerprint density at radius 2 is 1.92 bits per heavy atom. The van der Waals surface area contributed by atoms with E-state index in [9.17, 15) is 14.7 Å². The topological polar surface area (TPSA) is 99.9 Å². The van der Waals surface area contributed by atoms with Crippen LogP contribution in [0.15, 0.2) is 48.5 Å². The molecule has 3 rings (SSSR count). The number of fused-ring (bicyclic) bond motifs is 1. The quantitative estimate of drug-likeness (QED) is 0.508. The molecule has 0 radical (unpaired) electrons. The molecule has 0 spiro atoms. The summed E-state index contributed by atoms with van der Waals surface area (Å²) in [5.74, 6) is -2.50. The average Bonchev–Trinajstić information content (AvgIpc) is 2.95. The van der Waals surface area contributed by atoms with Crippen LogP contribution < -0.4 is 40.0 Å². The molecule has 1 unspecified atom stereocenters. The van der Waals surface area contributed by atoms with Crippen LogP contribution in [-0.4, -0.2) is 26.9 Å². The van der Waals surface area contributed by atoms with Crippen molar-refractivity contribution < 1.29 is 44.3 Å². The second-order valence-electron chi connectivity index (χ2n) is 5.87. The Bertz CT molecular complexity index is 911. The van der Waals surface area contributed by atoms with Gasteiger partial charge in [-0.3, -0.25) is 4.79 Å². The molecule has 2 aromatic carbocycles. The summed E-state index contributed by atoms with van der Waals surface area (Å²) >= 11 is 0. The molecule has 3 aromatic rings. The van der Waals surface area contributed by atoms with E-state index in [1.54, 1.807) is 29.9 Å². The molecule has 1 atom stereocenters. The maximum absolute atomic E-state index is 12.2. The van der Waals surface area contributed by atoms with Crippen molar-refractivity contribution in [3.63, 3.8) is 0 Å². The predicted molar refractivity (Wildman–Crippen MR) is 90.4 cm³/mol. The van der Waals surface area contributed by atoms with E-state index in [0.717, 1.165) is 11.1 Å². The van der Waals surface area contributed by atoms with Gasteiger partial charge in [-0.1, -0.05) is 35.5 Å². The van der Waals surface area contributed by atoms with E-state index in [2.05, 4.69) is 15.6 Å². The first-order chi connectivity index (χ1) is 12.0. The minimum absolute atomic E-state index is 0. The van der Waals surface area contributed by atoms with Crippen LogP contribution in [0.2, 0.25) is 0 Å². The van der Waals surface area contributed by atoms with Crippen molar-refractivity contribution in [1.82, 2.24) is 15.0 Å². The van der Waals surface area contributed by atoms with Crippen molar-refractivity contribution >= 4 is 28.6 Å². The monoisotopic (exact) mass is 360 g/mol. The van der Waals surface area contributed by atoms with Crippen molar-refractivity contribution in [2.75, 3.05) is 5.32 Å². The third kappa shape index (κ3) is 4.91. The number of anilines is 1. The zero-order valence-corrected chi connectivity index (χ0v) is 16.7. The van der Waals surface area contributed by atoms with Gasteiger partial charge in [0.15, 0.2) is 0 Å². The largest absolute Gasteiger partial charge is 1.00 e. The van der Waals surface area contributed by atoms with Gasteiger partial charge in [-0.25, -0.2) is 4.68 Å². The third-order valence-corrected chi connectivity index (χ3v) is 3.98. The number of nitrogens with zero attached hydrogens (tertiary/aromatic N) is 3. The molecule has 0 aliphatic rings. The molecule has 0 aliphatic carbocycles. The van der Waals surface area contributed by atoms with Crippen LogP contribution in [0.3, 0.4) is 0 Å². The normalized spacial score (nSPS) is 11.6. The fourth-order valence-electron chi connectivity index (χ4n) is 2.69. The molecule has 0 fully saturated rings. The standard InChI is InChI=1S/C18H18N4O3.Na/c1-22-16-8-7-14(11-15(16)20-21-22)19-17(23)10-13(18(24)25)9-12-5-3-2-4-6-12;/h2-8,11,13H,9-10H2,1H3,(H,19,23)(H,24,25);/q;+1/p-1. The second-order valence-corrected chi connectivity index (χ2v) is 5.87. The number of aromatic nitrogens is 3. The van der Waals surface area contributed by atoms with E-state index >= 15 is 0 Å². The Kier molecular flexibility index (Phi) is 6.90. The van der Waals surface area contributed by atoms with Crippen molar-refractivity contribution in [2.45, 2.75) is 12.8 Å². The number of aryl methyl sites for hydroxylation is 1. The van der Waals surface area contributed by atoms with E-state index in [-0.39, 0.29) is 48.3 Å². The van der Waals surface area contributed by atoms with Crippen LogP contribution in [-0.2, 0) is 23.1 Å². The van der Waals surface area contributed by atoms with Crippen LogP contribution in [0.4, 0.5) is 5.69 Å². The van der Waals surface area contributed by atoms with E-state index in [1.165, 1.54) is 0 Å². The smallest absolute Gasteiger partial charge is 0.550 e. The number of carbonyl (C=O) groups is 2. The first kappa shape index (κ1) is 20.1. The van der Waals surface area contributed by atoms with E-state index < -0.39 is 11.9 Å². The fourth-order valence-corrected chi connectivity index (χ4v) is 2.69. The van der Waals surface area contributed by atoms with E-state index in [0.29, 0.717) is 11.2 Å². The number of hydrogen-bond acceptors (Lipinski definition) is 5. The van der Waals surface area contributed by atoms with Gasteiger partial charge in [-0.2, -0.15) is 0 Å². The first-order valence-corrected chi connectivity index (χ1v) is 7.87. The summed E-state index contributed by atoms with van der Waals surface area (Å²) in [5.41, 5.74) is 2.90. The molecule has 128 valence electrons. The van der Waals surface area contributed by atoms with Gasteiger partial charge >= 0.3 is 29.6 Å². The fraction of sp³-hybridized carbons (Fsp3) is 0.222. The maximum Gasteiger partial charge on any atom is 1.00 e. The number of nitrogens with one attached hydrogen (secondary N) is 1. The maximum atomic E-state index is 12.2. The average molecular weight is 360 g/mol. The van der Waals surface area contributed by atoms with Gasteiger partial charge < -0.3 is 15.2 Å². The number of carboxylic acids is 1. The van der Waals surface area contributed by atoms with E-state index in [1.807, 2.05) is 30.3 Å². The van der Waals surface area contributed by atoms with Gasteiger partial charge in [0, 0.05) is 31.0 Å². The molecule has 0 saturated heterocycles. The Morgan fingerprint density at radius 1 is 1.19 bits per heavy atom. The summed E-state index contributed by atoms with van der Waals surface area (Å²) in [4.78, 5) is 23.6. The Balaban J connectivity index is 0.00000243. The molecule has 0 saturated carbocycles. The number of benzene rings is 2. The number of rotatable bonds is 6. The zero-order chi connectivity index (χ0) is 17.8. The van der Waals surface area contributed by atoms with Crippen LogP contribution in [0.1, 0.15) is 12.0 Å². The van der Waals surface area contributed by atoms with Gasteiger partial charge in [-0.15, -0.1) is 5.10 Å². The minimum atomic E-state index is -1.23. The number of amides is 1. The molecule has 0 aliphatic heterocycles. The molecular weight excluding hydrogens is 343 g/mol. The zero-order valence-electron chi connectivity index (χ0n) is 14.7. The SMILES string of the molecule is Cn1nnc2cc(NC(=O)CC(Cc3ccccc3)C(=O)[O-])ccc21.[Na+]. The third-order valence-electron chi connectivity index (χ3n) is 3.98. The Hall–Kier alpha value is -2.22. The van der Waals surface area contributed by atoms with Gasteiger partial charge in [0.1, 0.15) is 5.52 Å². The van der Waals surface area contributed by atoms with Crippen molar-refractivity contribution in [1.29, 1.82) is 0 Å². The van der Waals surface area contributed by atoms with Crippen LogP contribution in [0.5, 0.6) is 0 Å². The number of aliphatic carboxylic acids is 1. The molecule has 7 nitrogen and oxygen atoms in total. The summed E-state index contributed by atoms with van der Waals surface area (Å²) in [6.07, 6.45) is 0.0928. The van der Waals surface area contributed by atoms with Gasteiger partial charge in [0.25, 0.3) is 0 Å². The summed E-state index contributed by atoms with van der Waals surface area (Å²) < 4.78 is 1.63. The Labute approximate surface area is 172 Å². The first-order valence-electron chi connectivity index (χ1n) is 7.87. The number of carbonyl (C=O) groups excluding carboxylic acids is 2. The van der Waals surface area contributed by atoms with Gasteiger partial charge in [-0.05, 0) is 30.2 Å². The molecular formula is C18H17N4NaO3. The molecule has 1 amide bonds. The molecule has 1 aromatic heterocycles. The van der Waals surface area contributed by atoms with Crippen LogP contribution in [0, 0.1) is 5.92 Å².